The van der Waals surface area contributed by atoms with Crippen molar-refractivity contribution in [3.05, 3.63) is 42.2 Å². The first-order chi connectivity index (χ1) is 10.8. The first-order valence-electron chi connectivity index (χ1n) is 7.60. The molecule has 6 nitrogen and oxygen atoms in total. The van der Waals surface area contributed by atoms with E-state index in [2.05, 4.69) is 15.7 Å². The molecule has 0 fully saturated rings. The highest BCUT2D eigenvalue weighted by molar-refractivity contribution is 5.89. The van der Waals surface area contributed by atoms with Gasteiger partial charge in [0.2, 0.25) is 0 Å². The normalized spacial score (nSPS) is 12.6. The second-order valence-corrected chi connectivity index (χ2v) is 6.42. The molecule has 2 aromatic rings. The van der Waals surface area contributed by atoms with Gasteiger partial charge in [-0.15, -0.1) is 0 Å². The van der Waals surface area contributed by atoms with Crippen LogP contribution in [0.4, 0.5) is 16.2 Å². The van der Waals surface area contributed by atoms with E-state index >= 15 is 0 Å². The van der Waals surface area contributed by atoms with Gasteiger partial charge in [-0.1, -0.05) is 12.1 Å². The van der Waals surface area contributed by atoms with E-state index in [-0.39, 0.29) is 6.04 Å². The SMILES string of the molecule is CC(Nc1ccccc1NC(=O)OC(C)(C)C)c1ccnn1C. The van der Waals surface area contributed by atoms with E-state index in [1.54, 1.807) is 6.20 Å². The molecule has 0 saturated carbocycles. The van der Waals surface area contributed by atoms with Crippen LogP contribution in [0.3, 0.4) is 0 Å². The molecule has 1 aromatic heterocycles. The Hall–Kier alpha value is -2.50. The van der Waals surface area contributed by atoms with Crippen LogP contribution in [0, 0.1) is 0 Å². The molecule has 0 aliphatic carbocycles. The highest BCUT2D eigenvalue weighted by Gasteiger charge is 2.18. The zero-order valence-electron chi connectivity index (χ0n) is 14.3. The van der Waals surface area contributed by atoms with Gasteiger partial charge in [0, 0.05) is 13.2 Å². The summed E-state index contributed by atoms with van der Waals surface area (Å²) < 4.78 is 7.12. The van der Waals surface area contributed by atoms with E-state index in [1.807, 2.05) is 69.8 Å². The summed E-state index contributed by atoms with van der Waals surface area (Å²) in [4.78, 5) is 12.0. The molecule has 6 heteroatoms. The summed E-state index contributed by atoms with van der Waals surface area (Å²) in [5.41, 5.74) is 2.02. The molecule has 0 radical (unpaired) electrons. The van der Waals surface area contributed by atoms with Crippen LogP contribution in [0.5, 0.6) is 0 Å². The second-order valence-electron chi connectivity index (χ2n) is 6.42. The monoisotopic (exact) mass is 316 g/mol. The fourth-order valence-corrected chi connectivity index (χ4v) is 2.25. The molecule has 1 amide bonds. The molecular weight excluding hydrogens is 292 g/mol. The number of amides is 1. The lowest BCUT2D eigenvalue weighted by molar-refractivity contribution is 0.0636. The molecule has 0 aliphatic rings. The first kappa shape index (κ1) is 16.9. The fourth-order valence-electron chi connectivity index (χ4n) is 2.25. The molecule has 1 atom stereocenters. The van der Waals surface area contributed by atoms with E-state index in [9.17, 15) is 4.79 Å². The summed E-state index contributed by atoms with van der Waals surface area (Å²) >= 11 is 0. The Balaban J connectivity index is 2.11. The number of benzene rings is 1. The van der Waals surface area contributed by atoms with Crippen molar-refractivity contribution < 1.29 is 9.53 Å². The number of carbonyl (C=O) groups is 1. The molecular formula is C17H24N4O2. The minimum atomic E-state index is -0.533. The zero-order chi connectivity index (χ0) is 17.0. The number of aryl methyl sites for hydroxylation is 1. The Labute approximate surface area is 136 Å². The van der Waals surface area contributed by atoms with Gasteiger partial charge >= 0.3 is 6.09 Å². The quantitative estimate of drug-likeness (QED) is 0.896. The molecule has 1 heterocycles. The number of hydrogen-bond donors (Lipinski definition) is 2. The Morgan fingerprint density at radius 3 is 2.43 bits per heavy atom. The van der Waals surface area contributed by atoms with E-state index in [1.165, 1.54) is 0 Å². The van der Waals surface area contributed by atoms with Gasteiger partial charge in [0.05, 0.1) is 23.1 Å². The van der Waals surface area contributed by atoms with Gasteiger partial charge in [-0.3, -0.25) is 10.00 Å². The van der Waals surface area contributed by atoms with Gasteiger partial charge in [-0.2, -0.15) is 5.10 Å². The van der Waals surface area contributed by atoms with Crippen molar-refractivity contribution in [3.8, 4) is 0 Å². The van der Waals surface area contributed by atoms with Crippen molar-refractivity contribution in [2.45, 2.75) is 39.3 Å². The molecule has 1 unspecified atom stereocenters. The molecule has 2 N–H and O–H groups in total. The largest absolute Gasteiger partial charge is 0.444 e. The average molecular weight is 316 g/mol. The third-order valence-electron chi connectivity index (χ3n) is 3.24. The molecule has 0 spiro atoms. The van der Waals surface area contributed by atoms with Crippen LogP contribution in [0.25, 0.3) is 0 Å². The molecule has 124 valence electrons. The predicted octanol–water partition coefficient (Wildman–Crippen LogP) is 3.94. The van der Waals surface area contributed by atoms with Crippen molar-refractivity contribution >= 4 is 17.5 Å². The zero-order valence-corrected chi connectivity index (χ0v) is 14.3. The first-order valence-corrected chi connectivity index (χ1v) is 7.60. The summed E-state index contributed by atoms with van der Waals surface area (Å²) in [6.45, 7) is 7.55. The summed E-state index contributed by atoms with van der Waals surface area (Å²) in [5, 5.41) is 10.4. The standard InChI is InChI=1S/C17H24N4O2/c1-12(15-10-11-18-21(15)5)19-13-8-6-7-9-14(13)20-16(22)23-17(2,3)4/h6-12,19H,1-5H3,(H,20,22). The van der Waals surface area contributed by atoms with Crippen LogP contribution in [0.15, 0.2) is 36.5 Å². The number of nitrogens with zero attached hydrogens (tertiary/aromatic N) is 2. The van der Waals surface area contributed by atoms with Crippen LogP contribution < -0.4 is 10.6 Å². The number of hydrogen-bond acceptors (Lipinski definition) is 4. The molecule has 23 heavy (non-hydrogen) atoms. The van der Waals surface area contributed by atoms with Gasteiger partial charge in [0.1, 0.15) is 5.60 Å². The molecule has 1 aromatic carbocycles. The molecule has 0 bridgehead atoms. The van der Waals surface area contributed by atoms with Crippen molar-refractivity contribution in [1.82, 2.24) is 9.78 Å². The lowest BCUT2D eigenvalue weighted by Gasteiger charge is -2.22. The number of ether oxygens (including phenoxy) is 1. The number of anilines is 2. The van der Waals surface area contributed by atoms with E-state index in [0.717, 1.165) is 11.4 Å². The summed E-state index contributed by atoms with van der Waals surface area (Å²) in [6, 6.07) is 9.54. The van der Waals surface area contributed by atoms with Crippen LogP contribution >= 0.6 is 0 Å². The summed E-state index contributed by atoms with van der Waals surface area (Å²) in [6.07, 6.45) is 1.29. The topological polar surface area (TPSA) is 68.2 Å². The summed E-state index contributed by atoms with van der Waals surface area (Å²) in [5.74, 6) is 0. The maximum absolute atomic E-state index is 12.0. The molecule has 0 saturated heterocycles. The Bertz CT molecular complexity index is 673. The predicted molar refractivity (Wildman–Crippen MR) is 91.5 cm³/mol. The van der Waals surface area contributed by atoms with Gasteiger partial charge in [-0.05, 0) is 45.9 Å². The van der Waals surface area contributed by atoms with Gasteiger partial charge < -0.3 is 10.1 Å². The number of para-hydroxylation sites is 2. The third-order valence-corrected chi connectivity index (χ3v) is 3.24. The number of carbonyl (C=O) groups excluding carboxylic acids is 1. The number of aromatic nitrogens is 2. The smallest absolute Gasteiger partial charge is 0.412 e. The maximum atomic E-state index is 12.0. The maximum Gasteiger partial charge on any atom is 0.412 e. The van der Waals surface area contributed by atoms with Crippen molar-refractivity contribution in [2.75, 3.05) is 10.6 Å². The van der Waals surface area contributed by atoms with Crippen LogP contribution in [-0.4, -0.2) is 21.5 Å². The van der Waals surface area contributed by atoms with Crippen molar-refractivity contribution in [3.63, 3.8) is 0 Å². The Morgan fingerprint density at radius 1 is 1.22 bits per heavy atom. The Morgan fingerprint density at radius 2 is 1.87 bits per heavy atom. The number of rotatable bonds is 4. The van der Waals surface area contributed by atoms with Gasteiger partial charge in [0.15, 0.2) is 0 Å². The van der Waals surface area contributed by atoms with Gasteiger partial charge in [0.25, 0.3) is 0 Å². The highest BCUT2D eigenvalue weighted by Crippen LogP contribution is 2.26. The van der Waals surface area contributed by atoms with E-state index < -0.39 is 11.7 Å². The molecule has 2 rings (SSSR count). The number of nitrogens with one attached hydrogen (secondary N) is 2. The van der Waals surface area contributed by atoms with Crippen molar-refractivity contribution in [1.29, 1.82) is 0 Å². The van der Waals surface area contributed by atoms with Gasteiger partial charge in [-0.25, -0.2) is 4.79 Å². The lowest BCUT2D eigenvalue weighted by atomic mass is 10.2. The lowest BCUT2D eigenvalue weighted by Crippen LogP contribution is -2.27. The fraction of sp³-hybridized carbons (Fsp3) is 0.412. The van der Waals surface area contributed by atoms with Crippen LogP contribution in [0.1, 0.15) is 39.4 Å². The highest BCUT2D eigenvalue weighted by atomic mass is 16.6. The third kappa shape index (κ3) is 4.74. The van der Waals surface area contributed by atoms with E-state index in [0.29, 0.717) is 5.69 Å². The minimum Gasteiger partial charge on any atom is -0.444 e. The Kier molecular flexibility index (Phi) is 4.93. The summed E-state index contributed by atoms with van der Waals surface area (Å²) in [7, 11) is 1.90. The average Bonchev–Trinajstić information content (AvgIpc) is 2.85. The van der Waals surface area contributed by atoms with Crippen LogP contribution in [-0.2, 0) is 11.8 Å². The molecule has 0 aliphatic heterocycles. The van der Waals surface area contributed by atoms with Crippen molar-refractivity contribution in [2.24, 2.45) is 7.05 Å². The van der Waals surface area contributed by atoms with Crippen LogP contribution in [0.2, 0.25) is 0 Å². The second kappa shape index (κ2) is 6.73. The van der Waals surface area contributed by atoms with E-state index in [4.69, 9.17) is 4.74 Å². The minimum absolute atomic E-state index is 0.0455.